The van der Waals surface area contributed by atoms with E-state index in [1.807, 2.05) is 11.0 Å². The van der Waals surface area contributed by atoms with Crippen molar-refractivity contribution in [3.63, 3.8) is 0 Å². The summed E-state index contributed by atoms with van der Waals surface area (Å²) in [7, 11) is -3.68. The van der Waals surface area contributed by atoms with Crippen LogP contribution in [-0.2, 0) is 10.2 Å². The van der Waals surface area contributed by atoms with Gasteiger partial charge in [0, 0.05) is 43.8 Å². The molecule has 1 saturated heterocycles. The Hall–Kier alpha value is -3.42. The number of rotatable bonds is 6. The number of pyridine rings is 2. The van der Waals surface area contributed by atoms with Gasteiger partial charge < -0.3 is 10.2 Å². The number of carbonyl (C=O) groups is 1. The first-order valence-corrected chi connectivity index (χ1v) is 13.8. The fourth-order valence-corrected chi connectivity index (χ4v) is 5.94. The Bertz CT molecular complexity index is 1510. The largest absolute Gasteiger partial charge is 0.368 e. The number of nitrogens with one attached hydrogen (secondary N) is 1. The molecular formula is C24H30N8O4S. The van der Waals surface area contributed by atoms with Crippen LogP contribution in [0.15, 0.2) is 29.3 Å². The Kier molecular flexibility index (Phi) is 6.68. The zero-order valence-electron chi connectivity index (χ0n) is 20.8. The highest BCUT2D eigenvalue weighted by atomic mass is 32.2. The molecule has 0 unspecified atom stereocenters. The third-order valence-corrected chi connectivity index (χ3v) is 8.29. The van der Waals surface area contributed by atoms with Gasteiger partial charge in [0.15, 0.2) is 5.78 Å². The molecule has 5 rings (SSSR count). The average Bonchev–Trinajstić information content (AvgIpc) is 3.38. The highest BCUT2D eigenvalue weighted by molar-refractivity contribution is 7.86. The van der Waals surface area contributed by atoms with Gasteiger partial charge in [0.25, 0.3) is 15.8 Å². The maximum absolute atomic E-state index is 13.4. The van der Waals surface area contributed by atoms with Gasteiger partial charge >= 0.3 is 0 Å². The molecule has 3 N–H and O–H groups in total. The van der Waals surface area contributed by atoms with Crippen LogP contribution in [0, 0.1) is 6.92 Å². The first-order valence-electron chi connectivity index (χ1n) is 12.3. The van der Waals surface area contributed by atoms with Crippen molar-refractivity contribution in [2.24, 2.45) is 5.14 Å². The first-order chi connectivity index (χ1) is 17.6. The van der Waals surface area contributed by atoms with E-state index in [1.54, 1.807) is 30.0 Å². The number of anilines is 3. The molecule has 0 atom stereocenters. The molecule has 12 nitrogen and oxygen atoms in total. The standard InChI is InChI=1S/C24H30N8O4S/c1-15-19-14-27-24(29-22(19)32(17-5-3-4-6-17)23(34)21(15)16(2)33)28-20-8-7-18(13-26-20)30-9-11-31(12-10-30)37(25,35)36/h7-8,13-14,17H,3-6,9-12H2,1-2H3,(H2,25,35,36)(H,26,27,28,29). The second kappa shape index (κ2) is 9.80. The van der Waals surface area contributed by atoms with E-state index in [0.29, 0.717) is 54.5 Å². The summed E-state index contributed by atoms with van der Waals surface area (Å²) < 4.78 is 26.0. The number of piperazine rings is 1. The minimum Gasteiger partial charge on any atom is -0.368 e. The van der Waals surface area contributed by atoms with Crippen molar-refractivity contribution in [2.45, 2.75) is 45.6 Å². The Morgan fingerprint density at radius 3 is 2.38 bits per heavy atom. The quantitative estimate of drug-likeness (QED) is 0.458. The van der Waals surface area contributed by atoms with Crippen LogP contribution in [0.5, 0.6) is 0 Å². The van der Waals surface area contributed by atoms with Gasteiger partial charge in [0.05, 0.1) is 17.4 Å². The summed E-state index contributed by atoms with van der Waals surface area (Å²) in [6.07, 6.45) is 7.16. The van der Waals surface area contributed by atoms with Crippen LogP contribution in [-0.4, -0.2) is 64.2 Å². The van der Waals surface area contributed by atoms with Crippen molar-refractivity contribution in [3.05, 3.63) is 46.0 Å². The molecule has 0 amide bonds. The van der Waals surface area contributed by atoms with Crippen LogP contribution in [0.3, 0.4) is 0 Å². The second-order valence-corrected chi connectivity index (χ2v) is 11.1. The van der Waals surface area contributed by atoms with Crippen LogP contribution in [0.25, 0.3) is 11.0 Å². The summed E-state index contributed by atoms with van der Waals surface area (Å²) >= 11 is 0. The smallest absolute Gasteiger partial charge is 0.277 e. The molecule has 1 aliphatic carbocycles. The Morgan fingerprint density at radius 2 is 1.78 bits per heavy atom. The molecule has 0 radical (unpaired) electrons. The van der Waals surface area contributed by atoms with Gasteiger partial charge in [0.1, 0.15) is 11.5 Å². The predicted molar refractivity (Wildman–Crippen MR) is 140 cm³/mol. The van der Waals surface area contributed by atoms with E-state index < -0.39 is 10.2 Å². The van der Waals surface area contributed by atoms with Crippen molar-refractivity contribution in [1.29, 1.82) is 0 Å². The van der Waals surface area contributed by atoms with Gasteiger partial charge in [-0.2, -0.15) is 17.7 Å². The molecule has 3 aromatic rings. The number of ketones is 1. The van der Waals surface area contributed by atoms with E-state index in [4.69, 9.17) is 5.14 Å². The van der Waals surface area contributed by atoms with Gasteiger partial charge in [-0.3, -0.25) is 14.2 Å². The number of Topliss-reactive ketones (excluding diaryl/α,β-unsaturated/α-hetero) is 1. The molecule has 2 fully saturated rings. The van der Waals surface area contributed by atoms with Gasteiger partial charge in [-0.25, -0.2) is 15.1 Å². The summed E-state index contributed by atoms with van der Waals surface area (Å²) in [6, 6.07) is 3.69. The van der Waals surface area contributed by atoms with Crippen molar-refractivity contribution in [2.75, 3.05) is 36.4 Å². The van der Waals surface area contributed by atoms with Crippen molar-refractivity contribution in [3.8, 4) is 0 Å². The Morgan fingerprint density at radius 1 is 1.08 bits per heavy atom. The molecule has 2 aliphatic rings. The Labute approximate surface area is 214 Å². The van der Waals surface area contributed by atoms with Gasteiger partial charge in [-0.05, 0) is 44.4 Å². The van der Waals surface area contributed by atoms with Gasteiger partial charge in [-0.1, -0.05) is 12.8 Å². The molecule has 1 aliphatic heterocycles. The van der Waals surface area contributed by atoms with Crippen molar-refractivity contribution >= 4 is 44.5 Å². The molecule has 13 heteroatoms. The molecule has 0 aromatic carbocycles. The van der Waals surface area contributed by atoms with Gasteiger partial charge in [0.2, 0.25) is 5.95 Å². The summed E-state index contributed by atoms with van der Waals surface area (Å²) in [5.41, 5.74) is 1.88. The summed E-state index contributed by atoms with van der Waals surface area (Å²) in [6.45, 7) is 4.84. The second-order valence-electron chi connectivity index (χ2n) is 9.56. The van der Waals surface area contributed by atoms with E-state index in [1.165, 1.54) is 11.2 Å². The predicted octanol–water partition coefficient (Wildman–Crippen LogP) is 1.88. The number of hydrogen-bond acceptors (Lipinski definition) is 9. The molecule has 196 valence electrons. The molecule has 4 heterocycles. The number of aromatic nitrogens is 4. The van der Waals surface area contributed by atoms with E-state index >= 15 is 0 Å². The molecular weight excluding hydrogens is 496 g/mol. The van der Waals surface area contributed by atoms with Crippen LogP contribution in [0.2, 0.25) is 0 Å². The van der Waals surface area contributed by atoms with Crippen LogP contribution in [0.4, 0.5) is 17.5 Å². The third kappa shape index (κ3) is 4.93. The SMILES string of the molecule is CC(=O)c1c(C)c2cnc(Nc3ccc(N4CCN(S(N)(=O)=O)CC4)cn3)nc2n(C2CCCC2)c1=O. The number of nitrogens with two attached hydrogens (primary N) is 1. The van der Waals surface area contributed by atoms with Gasteiger partial charge in [-0.15, -0.1) is 0 Å². The maximum atomic E-state index is 13.4. The van der Waals surface area contributed by atoms with Crippen molar-refractivity contribution < 1.29 is 13.2 Å². The van der Waals surface area contributed by atoms with E-state index in [2.05, 4.69) is 20.3 Å². The fourth-order valence-electron chi connectivity index (χ4n) is 5.27. The average molecular weight is 527 g/mol. The zero-order chi connectivity index (χ0) is 26.3. The Balaban J connectivity index is 1.41. The lowest BCUT2D eigenvalue weighted by Gasteiger charge is -2.34. The minimum absolute atomic E-state index is 0.00332. The monoisotopic (exact) mass is 526 g/mol. The fraction of sp³-hybridized carbons (Fsp3) is 0.458. The number of carbonyl (C=O) groups excluding carboxylic acids is 1. The molecule has 3 aromatic heterocycles. The number of hydrogen-bond donors (Lipinski definition) is 2. The minimum atomic E-state index is -3.68. The van der Waals surface area contributed by atoms with E-state index in [0.717, 1.165) is 31.4 Å². The lowest BCUT2D eigenvalue weighted by Crippen LogP contribution is -2.50. The topological polar surface area (TPSA) is 156 Å². The number of fused-ring (bicyclic) bond motifs is 1. The molecule has 0 bridgehead atoms. The van der Waals surface area contributed by atoms with E-state index in [-0.39, 0.29) is 22.9 Å². The summed E-state index contributed by atoms with van der Waals surface area (Å²) in [5, 5.41) is 9.01. The normalized spacial score (nSPS) is 17.4. The molecule has 37 heavy (non-hydrogen) atoms. The van der Waals surface area contributed by atoms with E-state index in [9.17, 15) is 18.0 Å². The lowest BCUT2D eigenvalue weighted by atomic mass is 10.0. The highest BCUT2D eigenvalue weighted by Crippen LogP contribution is 2.32. The number of nitrogens with zero attached hydrogens (tertiary/aromatic N) is 6. The van der Waals surface area contributed by atoms with Crippen LogP contribution >= 0.6 is 0 Å². The third-order valence-electron chi connectivity index (χ3n) is 7.20. The van der Waals surface area contributed by atoms with Crippen LogP contribution < -0.4 is 20.9 Å². The maximum Gasteiger partial charge on any atom is 0.277 e. The zero-order valence-corrected chi connectivity index (χ0v) is 21.7. The van der Waals surface area contributed by atoms with Crippen LogP contribution in [0.1, 0.15) is 54.6 Å². The highest BCUT2D eigenvalue weighted by Gasteiger charge is 2.26. The van der Waals surface area contributed by atoms with Crippen molar-refractivity contribution in [1.82, 2.24) is 23.8 Å². The molecule has 1 saturated carbocycles. The summed E-state index contributed by atoms with van der Waals surface area (Å²) in [4.78, 5) is 41.3. The molecule has 0 spiro atoms. The first kappa shape index (κ1) is 25.2. The lowest BCUT2D eigenvalue weighted by molar-refractivity contribution is 0.101. The summed E-state index contributed by atoms with van der Waals surface area (Å²) in [5.74, 6) is 0.572. The number of aryl methyl sites for hydroxylation is 1.